The molecule has 24 heavy (non-hydrogen) atoms. The second-order valence-electron chi connectivity index (χ2n) is 5.44. The summed E-state index contributed by atoms with van der Waals surface area (Å²) in [4.78, 5) is 16.3. The molecule has 0 saturated heterocycles. The lowest BCUT2D eigenvalue weighted by molar-refractivity contribution is 0.0514. The van der Waals surface area contributed by atoms with Crippen LogP contribution in [0.25, 0.3) is 0 Å². The van der Waals surface area contributed by atoms with Gasteiger partial charge >= 0.3 is 5.97 Å². The zero-order valence-electron chi connectivity index (χ0n) is 14.4. The molecule has 0 bridgehead atoms. The Kier molecular flexibility index (Phi) is 4.98. The summed E-state index contributed by atoms with van der Waals surface area (Å²) < 4.78 is 34.6. The molecule has 2 rings (SSSR count). The molecule has 2 heterocycles. The van der Waals surface area contributed by atoms with E-state index in [-0.39, 0.29) is 23.0 Å². The van der Waals surface area contributed by atoms with Crippen molar-refractivity contribution in [2.24, 2.45) is 7.05 Å². The highest BCUT2D eigenvalue weighted by Crippen LogP contribution is 2.27. The molecule has 8 heteroatoms. The van der Waals surface area contributed by atoms with Gasteiger partial charge in [-0.25, -0.2) is 18.2 Å². The van der Waals surface area contributed by atoms with Crippen molar-refractivity contribution in [1.29, 1.82) is 0 Å². The number of aromatic nitrogens is 2. The molecule has 130 valence electrons. The van der Waals surface area contributed by atoms with Gasteiger partial charge in [0.1, 0.15) is 16.4 Å². The molecule has 0 radical (unpaired) electrons. The fraction of sp³-hybridized carbons (Fsp3) is 0.375. The molecule has 1 N–H and O–H groups in total. The van der Waals surface area contributed by atoms with E-state index < -0.39 is 16.0 Å². The monoisotopic (exact) mass is 351 g/mol. The molecule has 0 saturated carbocycles. The third-order valence-corrected chi connectivity index (χ3v) is 5.34. The van der Waals surface area contributed by atoms with Crippen LogP contribution in [-0.4, -0.2) is 30.5 Å². The summed E-state index contributed by atoms with van der Waals surface area (Å²) in [6.07, 6.45) is 0. The molecule has 7 nitrogen and oxygen atoms in total. The summed E-state index contributed by atoms with van der Waals surface area (Å²) in [5.41, 5.74) is 1.74. The van der Waals surface area contributed by atoms with Crippen molar-refractivity contribution in [3.8, 4) is 0 Å². The molecule has 0 aromatic carbocycles. The maximum Gasteiger partial charge on any atom is 0.355 e. The van der Waals surface area contributed by atoms with Crippen LogP contribution in [0.5, 0.6) is 0 Å². The Balaban J connectivity index is 2.51. The number of esters is 1. The van der Waals surface area contributed by atoms with Crippen LogP contribution in [-0.2, 0) is 21.8 Å². The normalized spacial score (nSPS) is 11.4. The van der Waals surface area contributed by atoms with E-state index in [0.717, 1.165) is 0 Å². The van der Waals surface area contributed by atoms with E-state index in [1.54, 1.807) is 52.9 Å². The van der Waals surface area contributed by atoms with E-state index in [4.69, 9.17) is 4.74 Å². The second-order valence-corrected chi connectivity index (χ2v) is 7.06. The van der Waals surface area contributed by atoms with Crippen LogP contribution in [0.4, 0.5) is 5.82 Å². The number of sulfonamides is 1. The fourth-order valence-electron chi connectivity index (χ4n) is 2.62. The van der Waals surface area contributed by atoms with Crippen LogP contribution in [0.3, 0.4) is 0 Å². The first-order valence-corrected chi connectivity index (χ1v) is 8.96. The molecule has 0 amide bonds. The number of anilines is 1. The minimum Gasteiger partial charge on any atom is -0.461 e. The van der Waals surface area contributed by atoms with E-state index in [9.17, 15) is 13.2 Å². The van der Waals surface area contributed by atoms with E-state index >= 15 is 0 Å². The minimum absolute atomic E-state index is 0.0661. The molecule has 0 atom stereocenters. The number of nitrogens with zero attached hydrogens (tertiary/aromatic N) is 2. The van der Waals surface area contributed by atoms with Gasteiger partial charge < -0.3 is 9.30 Å². The first kappa shape index (κ1) is 18.0. The Morgan fingerprint density at radius 3 is 2.54 bits per heavy atom. The smallest absolute Gasteiger partial charge is 0.355 e. The molecule has 0 aliphatic rings. The Bertz CT molecular complexity index is 885. The fourth-order valence-corrected chi connectivity index (χ4v) is 4.14. The first-order chi connectivity index (χ1) is 11.2. The number of carbonyl (C=O) groups excluding carboxylic acids is 1. The highest BCUT2D eigenvalue weighted by Gasteiger charge is 2.29. The lowest BCUT2D eigenvalue weighted by atomic mass is 10.2. The van der Waals surface area contributed by atoms with Gasteiger partial charge in [-0.3, -0.25) is 4.72 Å². The zero-order valence-corrected chi connectivity index (χ0v) is 15.2. The van der Waals surface area contributed by atoms with E-state index in [2.05, 4.69) is 9.71 Å². The summed E-state index contributed by atoms with van der Waals surface area (Å²) in [5, 5.41) is 0. The maximum absolute atomic E-state index is 12.8. The SMILES string of the molecule is CCOC(=O)c1c(C)c(S(=O)(=O)Nc2cccc(C)n2)c(C)n1C. The van der Waals surface area contributed by atoms with Gasteiger partial charge in [0.05, 0.1) is 6.61 Å². The van der Waals surface area contributed by atoms with Gasteiger partial charge in [0.25, 0.3) is 10.0 Å². The Morgan fingerprint density at radius 1 is 1.29 bits per heavy atom. The number of aryl methyl sites for hydroxylation is 1. The number of pyridine rings is 1. The summed E-state index contributed by atoms with van der Waals surface area (Å²) >= 11 is 0. The van der Waals surface area contributed by atoms with Crippen molar-refractivity contribution in [3.63, 3.8) is 0 Å². The molecular formula is C16H21N3O4S. The van der Waals surface area contributed by atoms with Crippen molar-refractivity contribution in [2.75, 3.05) is 11.3 Å². The number of rotatable bonds is 5. The van der Waals surface area contributed by atoms with Gasteiger partial charge in [-0.2, -0.15) is 0 Å². The van der Waals surface area contributed by atoms with E-state index in [0.29, 0.717) is 17.0 Å². The van der Waals surface area contributed by atoms with Crippen molar-refractivity contribution < 1.29 is 17.9 Å². The molecule has 2 aromatic heterocycles. The average Bonchev–Trinajstić information content (AvgIpc) is 2.69. The van der Waals surface area contributed by atoms with Crippen molar-refractivity contribution in [1.82, 2.24) is 9.55 Å². The molecule has 0 fully saturated rings. The van der Waals surface area contributed by atoms with Crippen molar-refractivity contribution in [3.05, 3.63) is 40.8 Å². The van der Waals surface area contributed by atoms with Gasteiger partial charge in [0.2, 0.25) is 0 Å². The van der Waals surface area contributed by atoms with Crippen LogP contribution < -0.4 is 4.72 Å². The molecule has 0 aliphatic heterocycles. The first-order valence-electron chi connectivity index (χ1n) is 7.48. The van der Waals surface area contributed by atoms with Gasteiger partial charge in [0, 0.05) is 24.0 Å². The van der Waals surface area contributed by atoms with Gasteiger partial charge in [-0.15, -0.1) is 0 Å². The van der Waals surface area contributed by atoms with Gasteiger partial charge in [-0.05, 0) is 39.8 Å². The lowest BCUT2D eigenvalue weighted by Crippen LogP contribution is -2.16. The topological polar surface area (TPSA) is 90.3 Å². The summed E-state index contributed by atoms with van der Waals surface area (Å²) in [6.45, 7) is 6.93. The van der Waals surface area contributed by atoms with E-state index in [1.165, 1.54) is 4.57 Å². The molecule has 2 aromatic rings. The number of hydrogen-bond acceptors (Lipinski definition) is 5. The molecular weight excluding hydrogens is 330 g/mol. The average molecular weight is 351 g/mol. The van der Waals surface area contributed by atoms with Crippen LogP contribution >= 0.6 is 0 Å². The highest BCUT2D eigenvalue weighted by atomic mass is 32.2. The third-order valence-electron chi connectivity index (χ3n) is 3.73. The largest absolute Gasteiger partial charge is 0.461 e. The lowest BCUT2D eigenvalue weighted by Gasteiger charge is -2.09. The van der Waals surface area contributed by atoms with Crippen LogP contribution in [0.15, 0.2) is 23.1 Å². The van der Waals surface area contributed by atoms with Crippen LogP contribution in [0, 0.1) is 20.8 Å². The highest BCUT2D eigenvalue weighted by molar-refractivity contribution is 7.92. The van der Waals surface area contributed by atoms with E-state index in [1.807, 2.05) is 0 Å². The Hall–Kier alpha value is -2.35. The summed E-state index contributed by atoms with van der Waals surface area (Å²) in [5.74, 6) is -0.314. The quantitative estimate of drug-likeness (QED) is 0.835. The molecule has 0 aliphatic carbocycles. The molecule has 0 spiro atoms. The number of hydrogen-bond donors (Lipinski definition) is 1. The minimum atomic E-state index is -3.88. The standard InChI is InChI=1S/C16H21N3O4S/c1-6-23-16(20)14-11(3)15(12(4)19(14)5)24(21,22)18-13-9-7-8-10(2)17-13/h7-9H,6H2,1-5H3,(H,17,18). The van der Waals surface area contributed by atoms with Crippen molar-refractivity contribution in [2.45, 2.75) is 32.6 Å². The van der Waals surface area contributed by atoms with Crippen molar-refractivity contribution >= 4 is 21.8 Å². The molecule has 0 unspecified atom stereocenters. The predicted molar refractivity (Wildman–Crippen MR) is 90.6 cm³/mol. The van der Waals surface area contributed by atoms with Crippen LogP contribution in [0.2, 0.25) is 0 Å². The maximum atomic E-state index is 12.8. The zero-order chi connectivity index (χ0) is 18.1. The van der Waals surface area contributed by atoms with Gasteiger partial charge in [-0.1, -0.05) is 6.07 Å². The number of ether oxygens (including phenoxy) is 1. The summed E-state index contributed by atoms with van der Waals surface area (Å²) in [7, 11) is -2.25. The summed E-state index contributed by atoms with van der Waals surface area (Å²) in [6, 6.07) is 5.06. The number of nitrogens with one attached hydrogen (secondary N) is 1. The Morgan fingerprint density at radius 2 is 1.96 bits per heavy atom. The third kappa shape index (κ3) is 3.28. The number of carbonyl (C=O) groups is 1. The Labute approximate surface area is 141 Å². The van der Waals surface area contributed by atoms with Gasteiger partial charge in [0.15, 0.2) is 0 Å². The second kappa shape index (κ2) is 6.64. The van der Waals surface area contributed by atoms with Crippen LogP contribution in [0.1, 0.15) is 34.4 Å². The predicted octanol–water partition coefficient (Wildman–Crippen LogP) is 2.32.